The maximum absolute atomic E-state index is 2.53. The van der Waals surface area contributed by atoms with Crippen LogP contribution in [-0.2, 0) is 0 Å². The van der Waals surface area contributed by atoms with E-state index in [0.29, 0.717) is 0 Å². The van der Waals surface area contributed by atoms with Crippen molar-refractivity contribution in [3.63, 3.8) is 0 Å². The quantitative estimate of drug-likeness (QED) is 0.561. The first-order valence-electron chi connectivity index (χ1n) is 5.13. The third kappa shape index (κ3) is 2.98. The molecule has 0 heterocycles. The van der Waals surface area contributed by atoms with Crippen LogP contribution in [0.1, 0.15) is 20.8 Å². The van der Waals surface area contributed by atoms with Gasteiger partial charge in [0.1, 0.15) is 0 Å². The minimum absolute atomic E-state index is 0. The average Bonchev–Trinajstić information content (AvgIpc) is 1.90. The van der Waals surface area contributed by atoms with E-state index in [9.17, 15) is 0 Å². The van der Waals surface area contributed by atoms with Crippen LogP contribution in [0, 0.1) is 0 Å². The van der Waals surface area contributed by atoms with Crippen molar-refractivity contribution in [2.75, 3.05) is 0 Å². The van der Waals surface area contributed by atoms with Gasteiger partial charge < -0.3 is 0 Å². The molecular weight excluding hydrogens is 154 g/mol. The molecule has 0 aliphatic rings. The van der Waals surface area contributed by atoms with Crippen LogP contribution in [0.5, 0.6) is 0 Å². The largest absolute Gasteiger partial charge is 1.00 e. The number of rotatable bonds is 4. The molecule has 0 fully saturated rings. The summed E-state index contributed by atoms with van der Waals surface area (Å²) in [5.74, 6) is 0. The third-order valence-corrected chi connectivity index (χ3v) is 9.08. The summed E-state index contributed by atoms with van der Waals surface area (Å²) in [7, 11) is -0.874. The molecule has 0 aliphatic heterocycles. The molecule has 0 aromatic heterocycles. The second-order valence-electron chi connectivity index (χ2n) is 5.07. The summed E-state index contributed by atoms with van der Waals surface area (Å²) in [5.41, 5.74) is 0.0347. The van der Waals surface area contributed by atoms with Gasteiger partial charge in [-0.1, -0.05) is 40.4 Å². The fraction of sp³-hybridized carbons (Fsp3) is 1.00. The Labute approximate surface area is 91.9 Å². The van der Waals surface area contributed by atoms with E-state index >= 15 is 0 Å². The molecule has 0 rings (SSSR count). The van der Waals surface area contributed by atoms with Gasteiger partial charge in [-0.15, -0.1) is 7.94 Å². The predicted octanol–water partition coefficient (Wildman–Crippen LogP) is 0.915. The van der Waals surface area contributed by atoms with Crippen molar-refractivity contribution in [3.05, 3.63) is 0 Å². The monoisotopic (exact) mass is 178 g/mol. The van der Waals surface area contributed by atoms with Gasteiger partial charge in [0.2, 0.25) is 0 Å². The van der Waals surface area contributed by atoms with Gasteiger partial charge in [0.25, 0.3) is 0 Å². The Morgan fingerprint density at radius 3 is 1.08 bits per heavy atom. The Morgan fingerprint density at radius 1 is 0.833 bits per heavy atom. The van der Waals surface area contributed by atoms with Gasteiger partial charge in [-0.2, -0.15) is 19.0 Å². The smallest absolute Gasteiger partial charge is 0.182 e. The standard InChI is InChI=1S/C9H24BSi.Li/c1-7-10(8-2,9-3)11(4,5)6;/h7-9H2,1-6H3;/q-1;+1. The normalized spacial score (nSPS) is 12.5. The van der Waals surface area contributed by atoms with Crippen molar-refractivity contribution < 1.29 is 18.9 Å². The zero-order valence-electron chi connectivity index (χ0n) is 10.2. The summed E-state index contributed by atoms with van der Waals surface area (Å²) in [5, 5.41) is 0. The summed E-state index contributed by atoms with van der Waals surface area (Å²) in [6, 6.07) is 0. The van der Waals surface area contributed by atoms with E-state index in [0.717, 1.165) is 0 Å². The van der Waals surface area contributed by atoms with Crippen molar-refractivity contribution >= 4 is 13.7 Å². The van der Waals surface area contributed by atoms with Gasteiger partial charge in [0, 0.05) is 5.74 Å². The van der Waals surface area contributed by atoms with E-state index in [1.54, 1.807) is 0 Å². The summed E-state index contributed by atoms with van der Waals surface area (Å²) in [6.45, 7) is 14.7. The van der Waals surface area contributed by atoms with Crippen LogP contribution >= 0.6 is 0 Å². The molecule has 68 valence electrons. The zero-order valence-corrected chi connectivity index (χ0v) is 11.2. The van der Waals surface area contributed by atoms with Crippen LogP contribution < -0.4 is 18.9 Å². The van der Waals surface area contributed by atoms with Crippen molar-refractivity contribution in [1.29, 1.82) is 0 Å². The topological polar surface area (TPSA) is 0 Å². The first-order valence-corrected chi connectivity index (χ1v) is 8.71. The SMILES string of the molecule is CC[B-](CC)(CC)[Si](C)(C)C.[Li+]. The summed E-state index contributed by atoms with van der Waals surface area (Å²) < 4.78 is 0. The van der Waals surface area contributed by atoms with E-state index in [-0.39, 0.29) is 24.6 Å². The second kappa shape index (κ2) is 5.58. The number of hydrogen-bond acceptors (Lipinski definition) is 0. The van der Waals surface area contributed by atoms with Crippen LogP contribution in [0.3, 0.4) is 0 Å². The van der Waals surface area contributed by atoms with Crippen LogP contribution in [0.2, 0.25) is 38.6 Å². The molecular formula is C9H24BLiSi. The average molecular weight is 178 g/mol. The molecule has 0 aromatic carbocycles. The zero-order chi connectivity index (χ0) is 9.12. The Morgan fingerprint density at radius 2 is 1.08 bits per heavy atom. The molecule has 0 spiro atoms. The van der Waals surface area contributed by atoms with E-state index in [1.807, 2.05) is 0 Å². The van der Waals surface area contributed by atoms with Crippen LogP contribution in [0.15, 0.2) is 0 Å². The first-order chi connectivity index (χ1) is 4.93. The van der Waals surface area contributed by atoms with Crippen LogP contribution in [0.25, 0.3) is 0 Å². The Balaban J connectivity index is 0. The summed E-state index contributed by atoms with van der Waals surface area (Å²) in [6.07, 6.45) is 4.30. The third-order valence-electron chi connectivity index (χ3n) is 4.18. The Bertz CT molecular complexity index is 108. The molecule has 0 saturated carbocycles. The van der Waals surface area contributed by atoms with Gasteiger partial charge in [0.15, 0.2) is 0 Å². The fourth-order valence-corrected chi connectivity index (χ4v) is 6.38. The van der Waals surface area contributed by atoms with Crippen molar-refractivity contribution in [2.24, 2.45) is 0 Å². The minimum atomic E-state index is -0.874. The predicted molar refractivity (Wildman–Crippen MR) is 60.5 cm³/mol. The fourth-order valence-electron chi connectivity index (χ4n) is 2.70. The molecule has 0 unspecified atom stereocenters. The Hall–Kier alpha value is 0.879. The molecule has 0 bridgehead atoms. The Kier molecular flexibility index (Phi) is 7.14. The molecule has 0 nitrogen and oxygen atoms in total. The van der Waals surface area contributed by atoms with Crippen LogP contribution in [0.4, 0.5) is 0 Å². The maximum atomic E-state index is 2.53. The molecule has 12 heavy (non-hydrogen) atoms. The van der Waals surface area contributed by atoms with Gasteiger partial charge in [-0.3, -0.25) is 0 Å². The van der Waals surface area contributed by atoms with E-state index in [4.69, 9.17) is 0 Å². The molecule has 0 aliphatic carbocycles. The summed E-state index contributed by atoms with van der Waals surface area (Å²) >= 11 is 0. The van der Waals surface area contributed by atoms with Crippen molar-refractivity contribution in [1.82, 2.24) is 0 Å². The van der Waals surface area contributed by atoms with E-state index in [1.165, 1.54) is 19.0 Å². The molecule has 0 aromatic rings. The first kappa shape index (κ1) is 15.4. The van der Waals surface area contributed by atoms with Crippen molar-refractivity contribution in [2.45, 2.75) is 59.4 Å². The molecule has 0 N–H and O–H groups in total. The number of hydrogen-bond donors (Lipinski definition) is 0. The molecule has 0 saturated heterocycles. The minimum Gasteiger partial charge on any atom is -0.182 e. The van der Waals surface area contributed by atoms with Crippen LogP contribution in [-0.4, -0.2) is 13.7 Å². The van der Waals surface area contributed by atoms with E-state index < -0.39 is 7.94 Å². The van der Waals surface area contributed by atoms with Gasteiger partial charge in [-0.05, 0) is 0 Å². The van der Waals surface area contributed by atoms with E-state index in [2.05, 4.69) is 40.4 Å². The van der Waals surface area contributed by atoms with Gasteiger partial charge in [0.05, 0.1) is 0 Å². The van der Waals surface area contributed by atoms with Crippen molar-refractivity contribution in [3.8, 4) is 0 Å². The second-order valence-corrected chi connectivity index (χ2v) is 11.0. The summed E-state index contributed by atoms with van der Waals surface area (Å²) in [4.78, 5) is 0. The molecule has 3 heteroatoms. The molecule has 0 radical (unpaired) electrons. The maximum Gasteiger partial charge on any atom is 1.00 e. The van der Waals surface area contributed by atoms with Gasteiger partial charge >= 0.3 is 18.9 Å². The molecule has 0 atom stereocenters. The molecule has 0 amide bonds. The van der Waals surface area contributed by atoms with Gasteiger partial charge in [-0.25, -0.2) is 0 Å².